The lowest BCUT2D eigenvalue weighted by atomic mass is 10.3. The van der Waals surface area contributed by atoms with Crippen molar-refractivity contribution in [2.75, 3.05) is 32.7 Å². The van der Waals surface area contributed by atoms with Crippen LogP contribution >= 0.6 is 11.8 Å². The van der Waals surface area contributed by atoms with Gasteiger partial charge in [0, 0.05) is 26.5 Å². The van der Waals surface area contributed by atoms with Crippen molar-refractivity contribution in [2.45, 2.75) is 13.0 Å². The van der Waals surface area contributed by atoms with Gasteiger partial charge in [-0.3, -0.25) is 4.79 Å². The van der Waals surface area contributed by atoms with Gasteiger partial charge < -0.3 is 9.64 Å². The highest BCUT2D eigenvalue weighted by molar-refractivity contribution is 7.98. The molecular formula is C8H17NO2S. The second-order valence-corrected chi connectivity index (χ2v) is 3.62. The third kappa shape index (κ3) is 3.97. The van der Waals surface area contributed by atoms with E-state index in [1.54, 1.807) is 37.7 Å². The smallest absolute Gasteiger partial charge is 0.251 e. The van der Waals surface area contributed by atoms with Crippen molar-refractivity contribution in [2.24, 2.45) is 0 Å². The Bertz CT molecular complexity index is 141. The van der Waals surface area contributed by atoms with Crippen LogP contribution in [0.5, 0.6) is 0 Å². The van der Waals surface area contributed by atoms with E-state index < -0.39 is 0 Å². The predicted molar refractivity (Wildman–Crippen MR) is 52.5 cm³/mol. The van der Waals surface area contributed by atoms with E-state index in [-0.39, 0.29) is 12.0 Å². The maximum absolute atomic E-state index is 11.4. The highest BCUT2D eigenvalue weighted by Crippen LogP contribution is 1.98. The maximum Gasteiger partial charge on any atom is 0.251 e. The van der Waals surface area contributed by atoms with E-state index in [1.807, 2.05) is 6.26 Å². The molecule has 0 aliphatic heterocycles. The Morgan fingerprint density at radius 1 is 1.67 bits per heavy atom. The molecule has 0 bridgehead atoms. The molecule has 0 N–H and O–H groups in total. The molecule has 0 aromatic heterocycles. The van der Waals surface area contributed by atoms with Crippen molar-refractivity contribution in [1.82, 2.24) is 4.90 Å². The van der Waals surface area contributed by atoms with Crippen LogP contribution in [0.4, 0.5) is 0 Å². The summed E-state index contributed by atoms with van der Waals surface area (Å²) in [6, 6.07) is 0. The van der Waals surface area contributed by atoms with Crippen LogP contribution in [0.3, 0.4) is 0 Å². The summed E-state index contributed by atoms with van der Waals surface area (Å²) in [5.74, 6) is 1.02. The molecule has 1 unspecified atom stereocenters. The summed E-state index contributed by atoms with van der Waals surface area (Å²) in [6.45, 7) is 2.55. The SMILES string of the molecule is COC(C)C(=O)N(C)CCSC. The zero-order valence-corrected chi connectivity index (χ0v) is 8.98. The number of methoxy groups -OCH3 is 1. The molecule has 1 amide bonds. The molecule has 4 heteroatoms. The zero-order chi connectivity index (χ0) is 9.56. The minimum atomic E-state index is -0.322. The largest absolute Gasteiger partial charge is 0.372 e. The van der Waals surface area contributed by atoms with Gasteiger partial charge in [-0.05, 0) is 13.2 Å². The Labute approximate surface area is 78.5 Å². The first-order valence-electron chi connectivity index (χ1n) is 3.90. The number of ether oxygens (including phenoxy) is 1. The monoisotopic (exact) mass is 191 g/mol. The van der Waals surface area contributed by atoms with Crippen molar-refractivity contribution in [1.29, 1.82) is 0 Å². The van der Waals surface area contributed by atoms with Crippen LogP contribution in [0, 0.1) is 0 Å². The molecule has 0 spiro atoms. The van der Waals surface area contributed by atoms with E-state index >= 15 is 0 Å². The lowest BCUT2D eigenvalue weighted by molar-refractivity contribution is -0.139. The average Bonchev–Trinajstić information content (AvgIpc) is 2.11. The van der Waals surface area contributed by atoms with Crippen molar-refractivity contribution in [3.05, 3.63) is 0 Å². The summed E-state index contributed by atoms with van der Waals surface area (Å²) in [5.41, 5.74) is 0. The number of carbonyl (C=O) groups excluding carboxylic acids is 1. The minimum Gasteiger partial charge on any atom is -0.372 e. The van der Waals surface area contributed by atoms with Gasteiger partial charge in [-0.2, -0.15) is 11.8 Å². The van der Waals surface area contributed by atoms with Crippen molar-refractivity contribution >= 4 is 17.7 Å². The molecule has 0 aromatic carbocycles. The number of rotatable bonds is 5. The summed E-state index contributed by atoms with van der Waals surface area (Å²) in [7, 11) is 3.35. The topological polar surface area (TPSA) is 29.5 Å². The van der Waals surface area contributed by atoms with E-state index in [2.05, 4.69) is 0 Å². The van der Waals surface area contributed by atoms with Gasteiger partial charge in [0.2, 0.25) is 0 Å². The Hall–Kier alpha value is -0.220. The molecule has 1 atom stereocenters. The standard InChI is InChI=1S/C8H17NO2S/c1-7(11-3)8(10)9(2)5-6-12-4/h7H,5-6H2,1-4H3. The molecule has 72 valence electrons. The summed E-state index contributed by atoms with van der Waals surface area (Å²) in [5, 5.41) is 0. The molecule has 0 rings (SSSR count). The van der Waals surface area contributed by atoms with Gasteiger partial charge in [0.15, 0.2) is 0 Å². The fraction of sp³-hybridized carbons (Fsp3) is 0.875. The number of amides is 1. The number of thioether (sulfide) groups is 1. The molecule has 0 aliphatic carbocycles. The maximum atomic E-state index is 11.4. The lowest BCUT2D eigenvalue weighted by Crippen LogP contribution is -2.37. The molecule has 3 nitrogen and oxygen atoms in total. The first kappa shape index (κ1) is 11.8. The second-order valence-electron chi connectivity index (χ2n) is 2.63. The average molecular weight is 191 g/mol. The highest BCUT2D eigenvalue weighted by Gasteiger charge is 2.15. The molecule has 0 aromatic rings. The quantitative estimate of drug-likeness (QED) is 0.645. The van der Waals surface area contributed by atoms with E-state index in [0.717, 1.165) is 12.3 Å². The Morgan fingerprint density at radius 3 is 2.67 bits per heavy atom. The lowest BCUT2D eigenvalue weighted by Gasteiger charge is -2.19. The number of nitrogens with zero attached hydrogens (tertiary/aromatic N) is 1. The molecule has 0 aliphatic rings. The Morgan fingerprint density at radius 2 is 2.25 bits per heavy atom. The number of carbonyl (C=O) groups is 1. The van der Waals surface area contributed by atoms with Crippen LogP contribution in [-0.4, -0.2) is 49.6 Å². The third-order valence-electron chi connectivity index (χ3n) is 1.71. The van der Waals surface area contributed by atoms with Gasteiger partial charge in [0.05, 0.1) is 0 Å². The number of hydrogen-bond acceptors (Lipinski definition) is 3. The van der Waals surface area contributed by atoms with E-state index in [9.17, 15) is 4.79 Å². The third-order valence-corrected chi connectivity index (χ3v) is 2.30. The van der Waals surface area contributed by atoms with Gasteiger partial charge in [-0.25, -0.2) is 0 Å². The molecule has 0 fully saturated rings. The highest BCUT2D eigenvalue weighted by atomic mass is 32.2. The molecule has 0 saturated heterocycles. The van der Waals surface area contributed by atoms with Crippen LogP contribution in [0.1, 0.15) is 6.92 Å². The predicted octanol–water partition coefficient (Wildman–Crippen LogP) is 0.843. The zero-order valence-electron chi connectivity index (χ0n) is 8.16. The van der Waals surface area contributed by atoms with Gasteiger partial charge in [-0.1, -0.05) is 0 Å². The van der Waals surface area contributed by atoms with Crippen LogP contribution in [-0.2, 0) is 9.53 Å². The number of hydrogen-bond donors (Lipinski definition) is 0. The minimum absolute atomic E-state index is 0.0477. The Kier molecular flexibility index (Phi) is 6.20. The van der Waals surface area contributed by atoms with Crippen LogP contribution < -0.4 is 0 Å². The Balaban J connectivity index is 3.75. The van der Waals surface area contributed by atoms with Gasteiger partial charge in [0.25, 0.3) is 5.91 Å². The van der Waals surface area contributed by atoms with E-state index in [0.29, 0.717) is 0 Å². The van der Waals surface area contributed by atoms with Crippen molar-refractivity contribution < 1.29 is 9.53 Å². The number of likely N-dealkylation sites (N-methyl/N-ethyl adjacent to an activating group) is 1. The first-order valence-corrected chi connectivity index (χ1v) is 5.29. The summed E-state index contributed by atoms with van der Waals surface area (Å²) in [4.78, 5) is 13.1. The molecule has 12 heavy (non-hydrogen) atoms. The molecule has 0 radical (unpaired) electrons. The van der Waals surface area contributed by atoms with Crippen LogP contribution in [0.2, 0.25) is 0 Å². The van der Waals surface area contributed by atoms with Gasteiger partial charge >= 0.3 is 0 Å². The molecule has 0 heterocycles. The van der Waals surface area contributed by atoms with Gasteiger partial charge in [-0.15, -0.1) is 0 Å². The fourth-order valence-electron chi connectivity index (χ4n) is 0.750. The molecular weight excluding hydrogens is 174 g/mol. The fourth-order valence-corrected chi connectivity index (χ4v) is 1.21. The van der Waals surface area contributed by atoms with Crippen molar-refractivity contribution in [3.8, 4) is 0 Å². The second kappa shape index (κ2) is 6.31. The normalized spacial score (nSPS) is 12.7. The van der Waals surface area contributed by atoms with E-state index in [4.69, 9.17) is 4.74 Å². The van der Waals surface area contributed by atoms with Crippen LogP contribution in [0.25, 0.3) is 0 Å². The van der Waals surface area contributed by atoms with E-state index in [1.165, 1.54) is 0 Å². The summed E-state index contributed by atoms with van der Waals surface area (Å²) < 4.78 is 4.92. The molecule has 0 saturated carbocycles. The first-order chi connectivity index (χ1) is 5.63. The van der Waals surface area contributed by atoms with Crippen molar-refractivity contribution in [3.63, 3.8) is 0 Å². The summed E-state index contributed by atoms with van der Waals surface area (Å²) in [6.07, 6.45) is 1.70. The van der Waals surface area contributed by atoms with Crippen LogP contribution in [0.15, 0.2) is 0 Å². The van der Waals surface area contributed by atoms with Gasteiger partial charge in [0.1, 0.15) is 6.10 Å². The summed E-state index contributed by atoms with van der Waals surface area (Å²) >= 11 is 1.73.